The van der Waals surface area contributed by atoms with Gasteiger partial charge in [-0.2, -0.15) is 5.10 Å². The first-order valence-corrected chi connectivity index (χ1v) is 2.40. The highest BCUT2D eigenvalue weighted by molar-refractivity contribution is 5.39. The van der Waals surface area contributed by atoms with Crippen molar-refractivity contribution >= 4 is 12.5 Å². The lowest BCUT2D eigenvalue weighted by atomic mass is 10.6. The number of hydrogen-bond acceptors (Lipinski definition) is 2. The van der Waals surface area contributed by atoms with E-state index < -0.39 is 5.82 Å². The molecule has 0 spiro atoms. The van der Waals surface area contributed by atoms with Gasteiger partial charge in [-0.3, -0.25) is 0 Å². The Bertz CT molecular complexity index is 209. The highest BCUT2D eigenvalue weighted by atomic mass is 19.1. The normalized spacial score (nSPS) is 9.56. The zero-order valence-electron chi connectivity index (χ0n) is 5.00. The maximum absolute atomic E-state index is 12.4. The molecule has 1 heterocycles. The lowest BCUT2D eigenvalue weighted by Crippen LogP contribution is -1.87. The van der Waals surface area contributed by atoms with Crippen LogP contribution in [0.2, 0.25) is 0 Å². The van der Waals surface area contributed by atoms with E-state index in [1.54, 1.807) is 7.05 Å². The first-order valence-electron chi connectivity index (χ1n) is 2.40. The number of aliphatic imine (C=N–C) groups is 1. The molecule has 4 heteroatoms. The molecule has 1 aromatic rings. The molecule has 0 unspecified atom stereocenters. The molecule has 0 bridgehead atoms. The van der Waals surface area contributed by atoms with Crippen LogP contribution >= 0.6 is 0 Å². The molecule has 0 aromatic carbocycles. The Morgan fingerprint density at radius 2 is 2.56 bits per heavy atom. The zero-order valence-corrected chi connectivity index (χ0v) is 5.00. The van der Waals surface area contributed by atoms with Gasteiger partial charge >= 0.3 is 0 Å². The molecular weight excluding hydrogens is 121 g/mol. The van der Waals surface area contributed by atoms with Crippen molar-refractivity contribution in [3.63, 3.8) is 0 Å². The van der Waals surface area contributed by atoms with Crippen molar-refractivity contribution in [2.24, 2.45) is 12.0 Å². The van der Waals surface area contributed by atoms with Crippen molar-refractivity contribution in [3.8, 4) is 0 Å². The molecule has 3 nitrogen and oxygen atoms in total. The third kappa shape index (κ3) is 0.826. The van der Waals surface area contributed by atoms with Crippen molar-refractivity contribution in [2.45, 2.75) is 0 Å². The number of halogens is 1. The maximum atomic E-state index is 12.4. The van der Waals surface area contributed by atoms with Crippen LogP contribution in [0.5, 0.6) is 0 Å². The molecule has 48 valence electrons. The van der Waals surface area contributed by atoms with Crippen LogP contribution < -0.4 is 0 Å². The zero-order chi connectivity index (χ0) is 6.85. The van der Waals surface area contributed by atoms with Crippen molar-refractivity contribution < 1.29 is 4.39 Å². The summed E-state index contributed by atoms with van der Waals surface area (Å²) in [4.78, 5) is 3.41. The van der Waals surface area contributed by atoms with Gasteiger partial charge in [0.05, 0.1) is 6.20 Å². The molecule has 1 rings (SSSR count). The van der Waals surface area contributed by atoms with E-state index in [2.05, 4.69) is 16.8 Å². The Labute approximate surface area is 51.8 Å². The standard InChI is InChI=1S/C5H6FN3/c1-7-5-4(6)3-8-9(5)2/h3H,1H2,2H3. The van der Waals surface area contributed by atoms with Crippen LogP contribution in [0, 0.1) is 5.82 Å². The second-order valence-electron chi connectivity index (χ2n) is 1.60. The van der Waals surface area contributed by atoms with Gasteiger partial charge in [0.25, 0.3) is 0 Å². The van der Waals surface area contributed by atoms with Gasteiger partial charge < -0.3 is 0 Å². The molecular formula is C5H6FN3. The molecule has 9 heavy (non-hydrogen) atoms. The van der Waals surface area contributed by atoms with Crippen LogP contribution in [0.15, 0.2) is 11.2 Å². The second-order valence-corrected chi connectivity index (χ2v) is 1.60. The molecule has 0 atom stereocenters. The van der Waals surface area contributed by atoms with E-state index in [9.17, 15) is 4.39 Å². The largest absolute Gasteiger partial charge is 0.248 e. The fraction of sp³-hybridized carbons (Fsp3) is 0.200. The van der Waals surface area contributed by atoms with E-state index in [1.165, 1.54) is 4.68 Å². The van der Waals surface area contributed by atoms with Gasteiger partial charge in [0.15, 0.2) is 11.6 Å². The minimum atomic E-state index is -0.437. The monoisotopic (exact) mass is 127 g/mol. The molecule has 1 aromatic heterocycles. The van der Waals surface area contributed by atoms with E-state index in [-0.39, 0.29) is 5.82 Å². The van der Waals surface area contributed by atoms with Gasteiger partial charge in [-0.15, -0.1) is 0 Å². The van der Waals surface area contributed by atoms with Crippen LogP contribution in [-0.4, -0.2) is 16.5 Å². The minimum Gasteiger partial charge on any atom is -0.248 e. The number of hydrogen-bond donors (Lipinski definition) is 0. The third-order valence-corrected chi connectivity index (χ3v) is 1.01. The summed E-state index contributed by atoms with van der Waals surface area (Å²) in [7, 11) is 1.60. The minimum absolute atomic E-state index is 0.176. The average Bonchev–Trinajstić information content (AvgIpc) is 2.12. The molecule has 0 aliphatic heterocycles. The Balaban J connectivity index is 3.22. The predicted octanol–water partition coefficient (Wildman–Crippen LogP) is 0.891. The van der Waals surface area contributed by atoms with Crippen LogP contribution in [0.25, 0.3) is 0 Å². The van der Waals surface area contributed by atoms with E-state index in [1.807, 2.05) is 0 Å². The number of aromatic nitrogens is 2. The van der Waals surface area contributed by atoms with E-state index in [4.69, 9.17) is 0 Å². The summed E-state index contributed by atoms with van der Waals surface area (Å²) in [5.41, 5.74) is 0. The Kier molecular flexibility index (Phi) is 1.30. The molecule has 0 aliphatic rings. The molecule has 0 saturated heterocycles. The van der Waals surface area contributed by atoms with Gasteiger partial charge in [-0.25, -0.2) is 14.1 Å². The molecule has 0 fully saturated rings. The van der Waals surface area contributed by atoms with Gasteiger partial charge in [-0.1, -0.05) is 0 Å². The fourth-order valence-electron chi connectivity index (χ4n) is 0.582. The summed E-state index contributed by atoms with van der Waals surface area (Å²) in [5.74, 6) is -0.262. The van der Waals surface area contributed by atoms with Crippen molar-refractivity contribution in [1.82, 2.24) is 9.78 Å². The Morgan fingerprint density at radius 1 is 1.89 bits per heavy atom. The molecule has 0 saturated carbocycles. The SMILES string of the molecule is C=Nc1c(F)cnn1C. The highest BCUT2D eigenvalue weighted by Crippen LogP contribution is 2.13. The lowest BCUT2D eigenvalue weighted by Gasteiger charge is -1.89. The smallest absolute Gasteiger partial charge is 0.187 e. The van der Waals surface area contributed by atoms with Crippen LogP contribution in [0.4, 0.5) is 10.2 Å². The quantitative estimate of drug-likeness (QED) is 0.515. The fourth-order valence-corrected chi connectivity index (χ4v) is 0.582. The first-order chi connectivity index (χ1) is 4.25. The summed E-state index contributed by atoms with van der Waals surface area (Å²) in [6.07, 6.45) is 1.10. The van der Waals surface area contributed by atoms with E-state index in [0.29, 0.717) is 0 Å². The van der Waals surface area contributed by atoms with Gasteiger partial charge in [0.1, 0.15) is 0 Å². The summed E-state index contributed by atoms with van der Waals surface area (Å²) in [5, 5.41) is 3.59. The second kappa shape index (κ2) is 1.97. The van der Waals surface area contributed by atoms with Crippen molar-refractivity contribution in [2.75, 3.05) is 0 Å². The van der Waals surface area contributed by atoms with Crippen molar-refractivity contribution in [3.05, 3.63) is 12.0 Å². The lowest BCUT2D eigenvalue weighted by molar-refractivity contribution is 0.628. The average molecular weight is 127 g/mol. The molecule has 0 amide bonds. The van der Waals surface area contributed by atoms with E-state index >= 15 is 0 Å². The highest BCUT2D eigenvalue weighted by Gasteiger charge is 2.02. The Hall–Kier alpha value is -1.19. The van der Waals surface area contributed by atoms with Crippen LogP contribution in [0.3, 0.4) is 0 Å². The van der Waals surface area contributed by atoms with Crippen LogP contribution in [0.1, 0.15) is 0 Å². The molecule has 0 aliphatic carbocycles. The summed E-state index contributed by atoms with van der Waals surface area (Å²) in [6.45, 7) is 3.17. The van der Waals surface area contributed by atoms with Gasteiger partial charge in [0, 0.05) is 7.05 Å². The number of nitrogens with zero attached hydrogens (tertiary/aromatic N) is 3. The number of aryl methyl sites for hydroxylation is 1. The first kappa shape index (κ1) is 5.94. The topological polar surface area (TPSA) is 30.2 Å². The third-order valence-electron chi connectivity index (χ3n) is 1.01. The molecule has 0 radical (unpaired) electrons. The Morgan fingerprint density at radius 3 is 2.78 bits per heavy atom. The van der Waals surface area contributed by atoms with Crippen molar-refractivity contribution in [1.29, 1.82) is 0 Å². The van der Waals surface area contributed by atoms with E-state index in [0.717, 1.165) is 6.20 Å². The summed E-state index contributed by atoms with van der Waals surface area (Å²) in [6, 6.07) is 0. The maximum Gasteiger partial charge on any atom is 0.187 e. The summed E-state index contributed by atoms with van der Waals surface area (Å²) >= 11 is 0. The molecule has 0 N–H and O–H groups in total. The van der Waals surface area contributed by atoms with Gasteiger partial charge in [0.2, 0.25) is 0 Å². The van der Waals surface area contributed by atoms with Gasteiger partial charge in [-0.05, 0) is 6.72 Å². The predicted molar refractivity (Wildman–Crippen MR) is 32.4 cm³/mol. The van der Waals surface area contributed by atoms with Crippen LogP contribution in [-0.2, 0) is 7.05 Å². The number of rotatable bonds is 1. The summed E-state index contributed by atoms with van der Waals surface area (Å²) < 4.78 is 13.7.